The van der Waals surface area contributed by atoms with Crippen molar-refractivity contribution >= 4 is 28.5 Å². The van der Waals surface area contributed by atoms with Crippen LogP contribution in [0.3, 0.4) is 0 Å². The van der Waals surface area contributed by atoms with Gasteiger partial charge in [0.05, 0.1) is 11.3 Å². The molecule has 3 aromatic rings. The molecule has 1 aliphatic rings. The minimum atomic E-state index is -4.47. The number of hydrogen-bond acceptors (Lipinski definition) is 6. The van der Waals surface area contributed by atoms with Crippen LogP contribution in [0.2, 0.25) is 0 Å². The molecule has 4 rings (SSSR count). The number of halogens is 3. The third-order valence-corrected chi connectivity index (χ3v) is 5.67. The van der Waals surface area contributed by atoms with Gasteiger partial charge in [0, 0.05) is 31.6 Å². The molecular formula is C22H24F3N5O2. The van der Waals surface area contributed by atoms with Crippen molar-refractivity contribution in [3.05, 3.63) is 41.3 Å². The molecule has 1 saturated heterocycles. The van der Waals surface area contributed by atoms with Crippen LogP contribution in [0.4, 0.5) is 24.7 Å². The summed E-state index contributed by atoms with van der Waals surface area (Å²) in [6.07, 6.45) is -2.11. The van der Waals surface area contributed by atoms with E-state index in [9.17, 15) is 18.0 Å². The van der Waals surface area contributed by atoms with Gasteiger partial charge < -0.3 is 14.7 Å². The Labute approximate surface area is 183 Å². The van der Waals surface area contributed by atoms with Crippen molar-refractivity contribution in [2.45, 2.75) is 45.7 Å². The molecule has 0 aliphatic carbocycles. The van der Waals surface area contributed by atoms with Gasteiger partial charge in [0.1, 0.15) is 17.0 Å². The van der Waals surface area contributed by atoms with Gasteiger partial charge in [-0.05, 0) is 43.9 Å². The Bertz CT molecular complexity index is 1120. The predicted octanol–water partition coefficient (Wildman–Crippen LogP) is 4.75. The summed E-state index contributed by atoms with van der Waals surface area (Å²) >= 11 is 0. The Morgan fingerprint density at radius 3 is 2.72 bits per heavy atom. The number of anilines is 2. The maximum Gasteiger partial charge on any atom is 0.416 e. The molecule has 7 nitrogen and oxygen atoms in total. The molecule has 0 saturated carbocycles. The zero-order chi connectivity index (χ0) is 22.9. The van der Waals surface area contributed by atoms with Crippen LogP contribution in [0.1, 0.15) is 43.3 Å². The molecule has 3 heterocycles. The normalized spacial score (nSPS) is 15.3. The van der Waals surface area contributed by atoms with Crippen molar-refractivity contribution in [1.29, 1.82) is 0 Å². The second-order valence-corrected chi connectivity index (χ2v) is 8.21. The van der Waals surface area contributed by atoms with Gasteiger partial charge in [0.2, 0.25) is 5.91 Å². The van der Waals surface area contributed by atoms with E-state index in [0.29, 0.717) is 23.1 Å². The first-order valence-electron chi connectivity index (χ1n) is 10.6. The van der Waals surface area contributed by atoms with Gasteiger partial charge in [-0.2, -0.15) is 18.2 Å². The van der Waals surface area contributed by atoms with E-state index in [0.717, 1.165) is 49.3 Å². The van der Waals surface area contributed by atoms with E-state index < -0.39 is 17.6 Å². The fourth-order valence-corrected chi connectivity index (χ4v) is 3.79. The molecule has 1 aliphatic heterocycles. The number of rotatable bonds is 5. The number of aromatic nitrogens is 3. The van der Waals surface area contributed by atoms with E-state index in [4.69, 9.17) is 9.51 Å². The van der Waals surface area contributed by atoms with Crippen LogP contribution in [0.5, 0.6) is 0 Å². The molecule has 1 aromatic carbocycles. The molecule has 0 radical (unpaired) electrons. The van der Waals surface area contributed by atoms with Crippen LogP contribution in [0.25, 0.3) is 11.1 Å². The molecule has 0 unspecified atom stereocenters. The van der Waals surface area contributed by atoms with Crippen LogP contribution in [0.15, 0.2) is 28.8 Å². The topological polar surface area (TPSA) is 84.1 Å². The number of aryl methyl sites for hydroxylation is 2. The van der Waals surface area contributed by atoms with Crippen molar-refractivity contribution in [2.75, 3.05) is 23.3 Å². The number of fused-ring (bicyclic) bond motifs is 1. The summed E-state index contributed by atoms with van der Waals surface area (Å²) in [6.45, 7) is 5.81. The fraction of sp³-hybridized carbons (Fsp3) is 0.455. The van der Waals surface area contributed by atoms with Crippen molar-refractivity contribution in [1.82, 2.24) is 15.1 Å². The standard InChI is InChI=1S/C22H24F3N5O2/c1-13-8-10-30(11-9-13)20-19-14(2)29-32-21(19)28-17(27-20)6-7-18(31)26-16-5-3-4-15(12-16)22(23,24)25/h3-5,12-13H,6-11H2,1-2H3,(H,26,31). The van der Waals surface area contributed by atoms with Crippen LogP contribution >= 0.6 is 0 Å². The average molecular weight is 447 g/mol. The molecule has 170 valence electrons. The first-order valence-corrected chi connectivity index (χ1v) is 10.6. The highest BCUT2D eigenvalue weighted by Crippen LogP contribution is 2.31. The maximum atomic E-state index is 12.9. The SMILES string of the molecule is Cc1noc2nc(CCC(=O)Nc3cccc(C(F)(F)F)c3)nc(N3CCC(C)CC3)c12. The Morgan fingerprint density at radius 2 is 2.00 bits per heavy atom. The van der Waals surface area contributed by atoms with Crippen molar-refractivity contribution in [3.63, 3.8) is 0 Å². The largest absolute Gasteiger partial charge is 0.416 e. The average Bonchev–Trinajstić information content (AvgIpc) is 3.13. The molecule has 1 N–H and O–H groups in total. The van der Waals surface area contributed by atoms with Gasteiger partial charge in [0.25, 0.3) is 5.71 Å². The lowest BCUT2D eigenvalue weighted by Crippen LogP contribution is -2.33. The number of nitrogens with one attached hydrogen (secondary N) is 1. The predicted molar refractivity (Wildman–Crippen MR) is 113 cm³/mol. The molecule has 1 amide bonds. The van der Waals surface area contributed by atoms with Gasteiger partial charge in [-0.3, -0.25) is 4.79 Å². The number of hydrogen-bond donors (Lipinski definition) is 1. The third kappa shape index (κ3) is 4.84. The number of alkyl halides is 3. The fourth-order valence-electron chi connectivity index (χ4n) is 3.79. The van der Waals surface area contributed by atoms with Crippen molar-refractivity contribution < 1.29 is 22.5 Å². The zero-order valence-electron chi connectivity index (χ0n) is 17.9. The lowest BCUT2D eigenvalue weighted by Gasteiger charge is -2.31. The summed E-state index contributed by atoms with van der Waals surface area (Å²) in [4.78, 5) is 23.6. The van der Waals surface area contributed by atoms with Gasteiger partial charge in [-0.1, -0.05) is 18.1 Å². The zero-order valence-corrected chi connectivity index (χ0v) is 17.9. The van der Waals surface area contributed by atoms with Crippen molar-refractivity contribution in [2.24, 2.45) is 5.92 Å². The molecule has 0 atom stereocenters. The maximum absolute atomic E-state index is 12.9. The summed E-state index contributed by atoms with van der Waals surface area (Å²) in [5.74, 6) is 1.43. The van der Waals surface area contributed by atoms with Gasteiger partial charge in [-0.15, -0.1) is 0 Å². The minimum absolute atomic E-state index is 0.0192. The Balaban J connectivity index is 1.48. The highest BCUT2D eigenvalue weighted by molar-refractivity contribution is 5.91. The molecular weight excluding hydrogens is 423 g/mol. The van der Waals surface area contributed by atoms with Gasteiger partial charge in [-0.25, -0.2) is 4.98 Å². The third-order valence-electron chi connectivity index (χ3n) is 5.67. The van der Waals surface area contributed by atoms with E-state index in [1.807, 2.05) is 6.92 Å². The highest BCUT2D eigenvalue weighted by atomic mass is 19.4. The smallest absolute Gasteiger partial charge is 0.356 e. The summed E-state index contributed by atoms with van der Waals surface area (Å²) < 4.78 is 44.0. The van der Waals surface area contributed by atoms with Gasteiger partial charge >= 0.3 is 6.18 Å². The molecule has 0 bridgehead atoms. The summed E-state index contributed by atoms with van der Waals surface area (Å²) in [6, 6.07) is 4.55. The van der Waals surface area contributed by atoms with Crippen LogP contribution in [-0.4, -0.2) is 34.1 Å². The molecule has 32 heavy (non-hydrogen) atoms. The van der Waals surface area contributed by atoms with E-state index in [1.54, 1.807) is 0 Å². The molecule has 10 heteroatoms. The minimum Gasteiger partial charge on any atom is -0.356 e. The number of carbonyl (C=O) groups is 1. The van der Waals surface area contributed by atoms with Gasteiger partial charge in [0.15, 0.2) is 0 Å². The number of piperidine rings is 1. The van der Waals surface area contributed by atoms with E-state index in [1.165, 1.54) is 12.1 Å². The molecule has 0 spiro atoms. The second-order valence-electron chi connectivity index (χ2n) is 8.21. The van der Waals surface area contributed by atoms with E-state index >= 15 is 0 Å². The quantitative estimate of drug-likeness (QED) is 0.608. The number of benzene rings is 1. The summed E-state index contributed by atoms with van der Waals surface area (Å²) in [5, 5.41) is 7.29. The van der Waals surface area contributed by atoms with E-state index in [2.05, 4.69) is 27.3 Å². The van der Waals surface area contributed by atoms with E-state index in [-0.39, 0.29) is 18.5 Å². The van der Waals surface area contributed by atoms with Crippen LogP contribution < -0.4 is 10.2 Å². The highest BCUT2D eigenvalue weighted by Gasteiger charge is 2.30. The Hall–Kier alpha value is -3.17. The summed E-state index contributed by atoms with van der Waals surface area (Å²) in [7, 11) is 0. The lowest BCUT2D eigenvalue weighted by atomic mass is 9.99. The van der Waals surface area contributed by atoms with Crippen LogP contribution in [0, 0.1) is 12.8 Å². The number of nitrogens with zero attached hydrogens (tertiary/aromatic N) is 4. The Morgan fingerprint density at radius 1 is 1.25 bits per heavy atom. The number of amides is 1. The van der Waals surface area contributed by atoms with Crippen LogP contribution in [-0.2, 0) is 17.4 Å². The molecule has 2 aromatic heterocycles. The summed E-state index contributed by atoms with van der Waals surface area (Å²) in [5.41, 5.74) is 0.363. The Kier molecular flexibility index (Phi) is 6.03. The first-order chi connectivity index (χ1) is 15.2. The van der Waals surface area contributed by atoms with Crippen molar-refractivity contribution in [3.8, 4) is 0 Å². The monoisotopic (exact) mass is 447 g/mol. The molecule has 1 fully saturated rings. The first kappa shape index (κ1) is 22.0. The number of carbonyl (C=O) groups excluding carboxylic acids is 1. The second kappa shape index (κ2) is 8.76. The lowest BCUT2D eigenvalue weighted by molar-refractivity contribution is -0.137.